The molecule has 0 saturated carbocycles. The van der Waals surface area contributed by atoms with E-state index in [9.17, 15) is 0 Å². The van der Waals surface area contributed by atoms with Crippen molar-refractivity contribution in [1.82, 2.24) is 5.32 Å². The van der Waals surface area contributed by atoms with Crippen molar-refractivity contribution in [2.75, 3.05) is 19.3 Å². The average molecular weight is 210 g/mol. The maximum absolute atomic E-state index is 5.74. The van der Waals surface area contributed by atoms with Gasteiger partial charge in [0.1, 0.15) is 0 Å². The van der Waals surface area contributed by atoms with Crippen LogP contribution in [0.25, 0.3) is 0 Å². The molecule has 0 unspecified atom stereocenters. The molecule has 0 radical (unpaired) electrons. The van der Waals surface area contributed by atoms with Crippen LogP contribution in [0.4, 0.5) is 0 Å². The average Bonchev–Trinajstić information content (AvgIpc) is 2.01. The van der Waals surface area contributed by atoms with Gasteiger partial charge < -0.3 is 11.1 Å². The molecule has 0 rings (SSSR count). The minimum Gasteiger partial charge on any atom is -0.319 e. The number of hydrogen-bond acceptors (Lipinski definition) is 4. The van der Waals surface area contributed by atoms with E-state index < -0.39 is 0 Å². The monoisotopic (exact) mass is 210 g/mol. The van der Waals surface area contributed by atoms with Gasteiger partial charge in [-0.2, -0.15) is 0 Å². The van der Waals surface area contributed by atoms with Crippen LogP contribution in [-0.2, 0) is 0 Å². The van der Waals surface area contributed by atoms with Crippen molar-refractivity contribution in [3.63, 3.8) is 0 Å². The molecule has 0 aliphatic rings. The molecule has 76 valence electrons. The summed E-state index contributed by atoms with van der Waals surface area (Å²) in [5, 5.41) is 3.08. The Bertz CT molecular complexity index is 81.6. The molecular weight excluding hydrogens is 188 g/mol. The van der Waals surface area contributed by atoms with Crippen molar-refractivity contribution in [3.05, 3.63) is 0 Å². The van der Waals surface area contributed by atoms with E-state index in [1.807, 2.05) is 45.5 Å². The Balaban J connectivity index is 0. The van der Waals surface area contributed by atoms with E-state index in [1.54, 1.807) is 10.8 Å². The second-order valence-corrected chi connectivity index (χ2v) is 5.68. The van der Waals surface area contributed by atoms with E-state index in [-0.39, 0.29) is 4.87 Å². The molecule has 0 aromatic rings. The highest BCUT2D eigenvalue weighted by Crippen LogP contribution is 2.30. The van der Waals surface area contributed by atoms with Gasteiger partial charge in [-0.1, -0.05) is 35.4 Å². The van der Waals surface area contributed by atoms with Crippen LogP contribution in [0, 0.1) is 0 Å². The highest BCUT2D eigenvalue weighted by molar-refractivity contribution is 8.77. The summed E-state index contributed by atoms with van der Waals surface area (Å²) in [7, 11) is 5.50. The first-order valence-corrected chi connectivity index (χ1v) is 6.62. The van der Waals surface area contributed by atoms with Gasteiger partial charge >= 0.3 is 0 Å². The first-order chi connectivity index (χ1) is 5.56. The SMILES string of the molecule is CC.CNCCSSC(C)(C)N. The topological polar surface area (TPSA) is 38.0 Å². The van der Waals surface area contributed by atoms with Gasteiger partial charge in [-0.15, -0.1) is 0 Å². The fourth-order valence-electron chi connectivity index (χ4n) is 0.337. The summed E-state index contributed by atoms with van der Waals surface area (Å²) < 4.78 is 0. The van der Waals surface area contributed by atoms with Gasteiger partial charge in [0.25, 0.3) is 0 Å². The zero-order valence-corrected chi connectivity index (χ0v) is 10.4. The lowest BCUT2D eigenvalue weighted by molar-refractivity contribution is 0.765. The van der Waals surface area contributed by atoms with Crippen molar-refractivity contribution >= 4 is 21.6 Å². The fourth-order valence-corrected chi connectivity index (χ4v) is 2.42. The highest BCUT2D eigenvalue weighted by atomic mass is 33.1. The Morgan fingerprint density at radius 1 is 1.33 bits per heavy atom. The standard InChI is InChI=1S/C6H16N2S2.C2H6/c1-6(2,7)10-9-5-4-8-3;1-2/h8H,4-5,7H2,1-3H3;1-2H3. The maximum Gasteiger partial charge on any atom is 0.0666 e. The summed E-state index contributed by atoms with van der Waals surface area (Å²) in [6, 6.07) is 0. The normalized spacial score (nSPS) is 10.5. The van der Waals surface area contributed by atoms with Crippen molar-refractivity contribution in [1.29, 1.82) is 0 Å². The summed E-state index contributed by atoms with van der Waals surface area (Å²) in [4.78, 5) is -0.0988. The second-order valence-electron chi connectivity index (χ2n) is 2.61. The molecule has 0 bridgehead atoms. The lowest BCUT2D eigenvalue weighted by Gasteiger charge is -2.15. The number of nitrogens with two attached hydrogens (primary N) is 1. The van der Waals surface area contributed by atoms with Crippen LogP contribution >= 0.6 is 21.6 Å². The molecule has 0 aromatic carbocycles. The number of nitrogens with one attached hydrogen (secondary N) is 1. The van der Waals surface area contributed by atoms with Crippen LogP contribution in [-0.4, -0.2) is 24.2 Å². The number of rotatable bonds is 5. The molecule has 0 aliphatic carbocycles. The molecule has 0 saturated heterocycles. The van der Waals surface area contributed by atoms with Crippen molar-refractivity contribution in [3.8, 4) is 0 Å². The molecule has 2 nitrogen and oxygen atoms in total. The molecule has 0 spiro atoms. The first-order valence-electron chi connectivity index (χ1n) is 4.30. The Hall–Kier alpha value is 0.620. The van der Waals surface area contributed by atoms with Gasteiger partial charge in [-0.3, -0.25) is 0 Å². The van der Waals surface area contributed by atoms with E-state index in [4.69, 9.17) is 5.73 Å². The van der Waals surface area contributed by atoms with Crippen molar-refractivity contribution in [2.24, 2.45) is 5.73 Å². The van der Waals surface area contributed by atoms with Gasteiger partial charge in [0.05, 0.1) is 4.87 Å². The Morgan fingerprint density at radius 3 is 2.17 bits per heavy atom. The molecular formula is C8H22N2S2. The second kappa shape index (κ2) is 9.71. The van der Waals surface area contributed by atoms with Gasteiger partial charge in [-0.25, -0.2) is 0 Å². The molecule has 0 atom stereocenters. The summed E-state index contributed by atoms with van der Waals surface area (Å²) >= 11 is 0. The Labute approximate surface area is 84.8 Å². The van der Waals surface area contributed by atoms with Gasteiger partial charge in [0.2, 0.25) is 0 Å². The minimum atomic E-state index is -0.0988. The van der Waals surface area contributed by atoms with Crippen LogP contribution in [0.15, 0.2) is 0 Å². The molecule has 0 heterocycles. The molecule has 0 aromatic heterocycles. The molecule has 0 fully saturated rings. The fraction of sp³-hybridized carbons (Fsp3) is 1.00. The minimum absolute atomic E-state index is 0.0988. The third-order valence-corrected chi connectivity index (χ3v) is 3.77. The predicted octanol–water partition coefficient (Wildman–Crippen LogP) is 2.31. The smallest absolute Gasteiger partial charge is 0.0666 e. The first kappa shape index (κ1) is 15.1. The van der Waals surface area contributed by atoms with Crippen LogP contribution in [0.1, 0.15) is 27.7 Å². The Morgan fingerprint density at radius 2 is 1.83 bits per heavy atom. The largest absolute Gasteiger partial charge is 0.319 e. The number of hydrogen-bond donors (Lipinski definition) is 2. The zero-order chi connectivity index (χ0) is 10.0. The third kappa shape index (κ3) is 16.9. The molecule has 3 N–H and O–H groups in total. The Kier molecular flexibility index (Phi) is 12.2. The molecule has 4 heteroatoms. The van der Waals surface area contributed by atoms with Crippen LogP contribution in [0.2, 0.25) is 0 Å². The summed E-state index contributed by atoms with van der Waals surface area (Å²) in [5.41, 5.74) is 5.74. The van der Waals surface area contributed by atoms with Gasteiger partial charge in [-0.05, 0) is 20.9 Å². The van der Waals surface area contributed by atoms with Crippen LogP contribution in [0.5, 0.6) is 0 Å². The van der Waals surface area contributed by atoms with Crippen LogP contribution in [0.3, 0.4) is 0 Å². The highest BCUT2D eigenvalue weighted by Gasteiger charge is 2.10. The van der Waals surface area contributed by atoms with E-state index in [0.29, 0.717) is 0 Å². The van der Waals surface area contributed by atoms with E-state index in [0.717, 1.165) is 12.3 Å². The van der Waals surface area contributed by atoms with E-state index in [1.165, 1.54) is 0 Å². The van der Waals surface area contributed by atoms with E-state index >= 15 is 0 Å². The molecule has 12 heavy (non-hydrogen) atoms. The zero-order valence-electron chi connectivity index (χ0n) is 8.81. The predicted molar refractivity (Wildman–Crippen MR) is 63.6 cm³/mol. The maximum atomic E-state index is 5.74. The molecule has 0 aliphatic heterocycles. The van der Waals surface area contributed by atoms with Crippen molar-refractivity contribution < 1.29 is 0 Å². The third-order valence-electron chi connectivity index (χ3n) is 0.709. The summed E-state index contributed by atoms with van der Waals surface area (Å²) in [6.07, 6.45) is 0. The van der Waals surface area contributed by atoms with Crippen molar-refractivity contribution in [2.45, 2.75) is 32.6 Å². The summed E-state index contributed by atoms with van der Waals surface area (Å²) in [6.45, 7) is 9.09. The quantitative estimate of drug-likeness (QED) is 0.415. The summed E-state index contributed by atoms with van der Waals surface area (Å²) in [5.74, 6) is 1.11. The lowest BCUT2D eigenvalue weighted by atomic mass is 10.4. The molecule has 0 amide bonds. The van der Waals surface area contributed by atoms with Gasteiger partial charge in [0, 0.05) is 12.3 Å². The van der Waals surface area contributed by atoms with Gasteiger partial charge in [0.15, 0.2) is 0 Å². The van der Waals surface area contributed by atoms with Crippen LogP contribution < -0.4 is 11.1 Å². The lowest BCUT2D eigenvalue weighted by Crippen LogP contribution is -2.26. The van der Waals surface area contributed by atoms with E-state index in [2.05, 4.69) is 5.32 Å².